The monoisotopic (exact) mass is 360 g/mol. The number of hydrogen-bond donors (Lipinski definition) is 2. The Labute approximate surface area is 147 Å². The predicted octanol–water partition coefficient (Wildman–Crippen LogP) is 4.99. The lowest BCUT2D eigenvalue weighted by atomic mass is 10.2. The normalized spacial score (nSPS) is 11.1. The largest absolute Gasteiger partial charge is 0.495 e. The Bertz CT molecular complexity index is 882. The molecule has 3 rings (SSSR count). The third-order valence-electron chi connectivity index (χ3n) is 3.49. The number of anilines is 4. The molecule has 0 spiro atoms. The molecule has 5 nitrogen and oxygen atoms in total. The Morgan fingerprint density at radius 3 is 2.35 bits per heavy atom. The van der Waals surface area contributed by atoms with Gasteiger partial charge in [0.25, 0.3) is 0 Å². The van der Waals surface area contributed by atoms with Crippen molar-refractivity contribution < 1.29 is 17.9 Å². The number of alkyl halides is 3. The number of methoxy groups -OCH3 is 1. The first-order chi connectivity index (χ1) is 12.5. The van der Waals surface area contributed by atoms with E-state index >= 15 is 0 Å². The van der Waals surface area contributed by atoms with E-state index in [9.17, 15) is 13.2 Å². The van der Waals surface area contributed by atoms with E-state index < -0.39 is 11.7 Å². The highest BCUT2D eigenvalue weighted by molar-refractivity contribution is 5.64. The molecule has 2 N–H and O–H groups in total. The summed E-state index contributed by atoms with van der Waals surface area (Å²) in [6, 6.07) is 13.6. The number of ether oxygens (including phenoxy) is 1. The van der Waals surface area contributed by atoms with E-state index in [1.165, 1.54) is 18.3 Å². The summed E-state index contributed by atoms with van der Waals surface area (Å²) in [5, 5.41) is 5.99. The van der Waals surface area contributed by atoms with Crippen molar-refractivity contribution in [3.63, 3.8) is 0 Å². The average Bonchev–Trinajstić information content (AvgIpc) is 2.62. The molecular formula is C18H15F3N4O. The van der Waals surface area contributed by atoms with E-state index in [0.717, 1.165) is 12.1 Å². The Kier molecular flexibility index (Phi) is 4.92. The zero-order valence-electron chi connectivity index (χ0n) is 13.7. The van der Waals surface area contributed by atoms with Crippen molar-refractivity contribution in [3.05, 3.63) is 66.4 Å². The second-order valence-corrected chi connectivity index (χ2v) is 5.29. The number of halogens is 3. The van der Waals surface area contributed by atoms with E-state index in [4.69, 9.17) is 4.74 Å². The van der Waals surface area contributed by atoms with Gasteiger partial charge >= 0.3 is 6.18 Å². The van der Waals surface area contributed by atoms with E-state index in [2.05, 4.69) is 20.6 Å². The minimum atomic E-state index is -4.36. The Morgan fingerprint density at radius 1 is 0.923 bits per heavy atom. The van der Waals surface area contributed by atoms with Crippen LogP contribution in [0.15, 0.2) is 60.8 Å². The van der Waals surface area contributed by atoms with Crippen molar-refractivity contribution in [2.24, 2.45) is 0 Å². The summed E-state index contributed by atoms with van der Waals surface area (Å²) in [4.78, 5) is 8.43. The zero-order valence-corrected chi connectivity index (χ0v) is 13.7. The number of para-hydroxylation sites is 2. The van der Waals surface area contributed by atoms with Gasteiger partial charge in [-0.1, -0.05) is 12.1 Å². The standard InChI is InChI=1S/C18H15F3N4O/c1-26-15-5-3-2-4-14(15)24-17-22-11-10-16(25-17)23-13-8-6-12(7-9-13)18(19,20)21/h2-11H,1H3,(H2,22,23,24,25). The van der Waals surface area contributed by atoms with Crippen LogP contribution >= 0.6 is 0 Å². The highest BCUT2D eigenvalue weighted by Crippen LogP contribution is 2.30. The van der Waals surface area contributed by atoms with E-state index in [1.807, 2.05) is 18.2 Å². The smallest absolute Gasteiger partial charge is 0.416 e. The molecule has 0 aliphatic rings. The molecule has 26 heavy (non-hydrogen) atoms. The number of aromatic nitrogens is 2. The minimum absolute atomic E-state index is 0.325. The van der Waals surface area contributed by atoms with Crippen molar-refractivity contribution in [2.45, 2.75) is 6.18 Å². The number of nitrogens with one attached hydrogen (secondary N) is 2. The molecule has 3 aromatic rings. The molecular weight excluding hydrogens is 345 g/mol. The van der Waals surface area contributed by atoms with Crippen LogP contribution in [-0.4, -0.2) is 17.1 Å². The van der Waals surface area contributed by atoms with Crippen LogP contribution in [0.2, 0.25) is 0 Å². The van der Waals surface area contributed by atoms with Crippen molar-refractivity contribution in [1.29, 1.82) is 0 Å². The lowest BCUT2D eigenvalue weighted by molar-refractivity contribution is -0.137. The summed E-state index contributed by atoms with van der Waals surface area (Å²) < 4.78 is 43.1. The molecule has 0 atom stereocenters. The highest BCUT2D eigenvalue weighted by Gasteiger charge is 2.29. The van der Waals surface area contributed by atoms with Gasteiger partial charge in [0.05, 0.1) is 18.4 Å². The third-order valence-corrected chi connectivity index (χ3v) is 3.49. The Hall–Kier alpha value is -3.29. The van der Waals surface area contributed by atoms with Crippen LogP contribution in [0.25, 0.3) is 0 Å². The van der Waals surface area contributed by atoms with E-state index in [0.29, 0.717) is 28.9 Å². The van der Waals surface area contributed by atoms with Gasteiger partial charge in [0.1, 0.15) is 11.6 Å². The molecule has 0 radical (unpaired) electrons. The summed E-state index contributed by atoms with van der Waals surface area (Å²) in [6.07, 6.45) is -2.82. The molecule has 1 aromatic heterocycles. The Balaban J connectivity index is 1.75. The van der Waals surface area contributed by atoms with Gasteiger partial charge in [-0.05, 0) is 42.5 Å². The number of benzene rings is 2. The lowest BCUT2D eigenvalue weighted by Gasteiger charge is -2.11. The van der Waals surface area contributed by atoms with Gasteiger partial charge in [-0.2, -0.15) is 18.2 Å². The van der Waals surface area contributed by atoms with Gasteiger partial charge in [0, 0.05) is 11.9 Å². The first kappa shape index (κ1) is 17.5. The van der Waals surface area contributed by atoms with E-state index in [1.54, 1.807) is 19.2 Å². The second kappa shape index (κ2) is 7.30. The topological polar surface area (TPSA) is 59.1 Å². The fourth-order valence-corrected chi connectivity index (χ4v) is 2.25. The first-order valence-electron chi connectivity index (χ1n) is 7.63. The van der Waals surface area contributed by atoms with Crippen LogP contribution in [-0.2, 0) is 6.18 Å². The molecule has 8 heteroatoms. The molecule has 0 saturated carbocycles. The highest BCUT2D eigenvalue weighted by atomic mass is 19.4. The summed E-state index contributed by atoms with van der Waals surface area (Å²) in [5.74, 6) is 1.40. The average molecular weight is 360 g/mol. The molecule has 0 bridgehead atoms. The van der Waals surface area contributed by atoms with Crippen molar-refractivity contribution in [2.75, 3.05) is 17.7 Å². The van der Waals surface area contributed by atoms with Gasteiger partial charge in [-0.15, -0.1) is 0 Å². The summed E-state index contributed by atoms with van der Waals surface area (Å²) >= 11 is 0. The van der Waals surface area contributed by atoms with Crippen molar-refractivity contribution >= 4 is 23.1 Å². The van der Waals surface area contributed by atoms with E-state index in [-0.39, 0.29) is 0 Å². The first-order valence-corrected chi connectivity index (χ1v) is 7.63. The summed E-state index contributed by atoms with van der Waals surface area (Å²) in [7, 11) is 1.56. The molecule has 2 aromatic carbocycles. The van der Waals surface area contributed by atoms with Crippen LogP contribution in [0.3, 0.4) is 0 Å². The number of hydrogen-bond acceptors (Lipinski definition) is 5. The van der Waals surface area contributed by atoms with Crippen LogP contribution in [0.1, 0.15) is 5.56 Å². The molecule has 0 aliphatic carbocycles. The fraction of sp³-hybridized carbons (Fsp3) is 0.111. The quantitative estimate of drug-likeness (QED) is 0.671. The maximum atomic E-state index is 12.6. The molecule has 0 unspecified atom stereocenters. The number of rotatable bonds is 5. The Morgan fingerprint density at radius 2 is 1.65 bits per heavy atom. The van der Waals surface area contributed by atoms with Crippen LogP contribution < -0.4 is 15.4 Å². The molecule has 0 fully saturated rings. The van der Waals surface area contributed by atoms with Gasteiger partial charge in [-0.3, -0.25) is 0 Å². The van der Waals surface area contributed by atoms with Gasteiger partial charge in [-0.25, -0.2) is 4.98 Å². The van der Waals surface area contributed by atoms with Crippen molar-refractivity contribution in [1.82, 2.24) is 9.97 Å². The SMILES string of the molecule is COc1ccccc1Nc1nccc(Nc2ccc(C(F)(F)F)cc2)n1. The molecule has 1 heterocycles. The lowest BCUT2D eigenvalue weighted by Crippen LogP contribution is -2.05. The molecule has 0 saturated heterocycles. The van der Waals surface area contributed by atoms with Crippen molar-refractivity contribution in [3.8, 4) is 5.75 Å². The summed E-state index contributed by atoms with van der Waals surface area (Å²) in [6.45, 7) is 0. The molecule has 0 amide bonds. The predicted molar refractivity (Wildman–Crippen MR) is 93.0 cm³/mol. The minimum Gasteiger partial charge on any atom is -0.495 e. The maximum absolute atomic E-state index is 12.6. The van der Waals surface area contributed by atoms with Crippen LogP contribution in [0.4, 0.5) is 36.3 Å². The third kappa shape index (κ3) is 4.21. The second-order valence-electron chi connectivity index (χ2n) is 5.29. The van der Waals surface area contributed by atoms with Gasteiger partial charge in [0.15, 0.2) is 0 Å². The molecule has 0 aliphatic heterocycles. The van der Waals surface area contributed by atoms with Gasteiger partial charge in [0.2, 0.25) is 5.95 Å². The van der Waals surface area contributed by atoms with Crippen LogP contribution in [0, 0.1) is 0 Å². The fourth-order valence-electron chi connectivity index (χ4n) is 2.25. The zero-order chi connectivity index (χ0) is 18.6. The summed E-state index contributed by atoms with van der Waals surface area (Å²) in [5.41, 5.74) is 0.478. The number of nitrogens with zero attached hydrogens (tertiary/aromatic N) is 2. The van der Waals surface area contributed by atoms with Crippen LogP contribution in [0.5, 0.6) is 5.75 Å². The van der Waals surface area contributed by atoms with Gasteiger partial charge < -0.3 is 15.4 Å². The maximum Gasteiger partial charge on any atom is 0.416 e. The molecule has 134 valence electrons.